The summed E-state index contributed by atoms with van der Waals surface area (Å²) in [7, 11) is 0. The zero-order valence-corrected chi connectivity index (χ0v) is 18.0. The van der Waals surface area contributed by atoms with Gasteiger partial charge < -0.3 is 16.4 Å². The molecule has 4 N–H and O–H groups in total. The minimum Gasteiger partial charge on any atom is -0.369 e. The summed E-state index contributed by atoms with van der Waals surface area (Å²) in [5.41, 5.74) is 7.55. The number of benzene rings is 2. The summed E-state index contributed by atoms with van der Waals surface area (Å²) in [6.45, 7) is 6.61. The molecular weight excluding hydrogens is 397 g/mol. The van der Waals surface area contributed by atoms with Crippen LogP contribution in [0.2, 0.25) is 0 Å². The monoisotopic (exact) mass is 425 g/mol. The topological polar surface area (TPSA) is 99.8 Å². The highest BCUT2D eigenvalue weighted by atomic mass is 19.1. The van der Waals surface area contributed by atoms with Crippen LogP contribution in [0.15, 0.2) is 53.5 Å². The molecule has 0 aliphatic carbocycles. The van der Waals surface area contributed by atoms with Crippen LogP contribution in [0.5, 0.6) is 0 Å². The first-order chi connectivity index (χ1) is 14.7. The summed E-state index contributed by atoms with van der Waals surface area (Å²) in [6, 6.07) is 12.7. The quantitative estimate of drug-likeness (QED) is 0.632. The van der Waals surface area contributed by atoms with Crippen molar-refractivity contribution in [3.8, 4) is 0 Å². The molecule has 8 heteroatoms. The molecule has 31 heavy (non-hydrogen) atoms. The summed E-state index contributed by atoms with van der Waals surface area (Å²) in [5, 5.41) is 5.39. The van der Waals surface area contributed by atoms with Crippen molar-refractivity contribution in [3.05, 3.63) is 65.5 Å². The smallest absolute Gasteiger partial charge is 0.319 e. The molecule has 7 nitrogen and oxygen atoms in total. The minimum absolute atomic E-state index is 0.0816. The van der Waals surface area contributed by atoms with Gasteiger partial charge in [0.1, 0.15) is 11.4 Å². The van der Waals surface area contributed by atoms with Gasteiger partial charge in [0.25, 0.3) is 5.91 Å². The van der Waals surface area contributed by atoms with Gasteiger partial charge >= 0.3 is 6.03 Å². The highest BCUT2D eigenvalue weighted by Gasteiger charge is 2.43. The number of rotatable bonds is 7. The number of aliphatic imine (C=N–C) groups is 1. The number of amides is 3. The van der Waals surface area contributed by atoms with E-state index in [1.54, 1.807) is 0 Å². The molecule has 0 fully saturated rings. The van der Waals surface area contributed by atoms with E-state index in [2.05, 4.69) is 29.5 Å². The lowest BCUT2D eigenvalue weighted by Crippen LogP contribution is -2.43. The van der Waals surface area contributed by atoms with E-state index in [-0.39, 0.29) is 23.7 Å². The molecule has 1 heterocycles. The highest BCUT2D eigenvalue weighted by molar-refractivity contribution is 6.06. The third-order valence-electron chi connectivity index (χ3n) is 5.07. The third-order valence-corrected chi connectivity index (χ3v) is 5.07. The van der Waals surface area contributed by atoms with Gasteiger partial charge in [0.05, 0.1) is 6.54 Å². The van der Waals surface area contributed by atoms with E-state index in [1.807, 2.05) is 31.2 Å². The Hall–Kier alpha value is -3.42. The van der Waals surface area contributed by atoms with E-state index in [9.17, 15) is 14.0 Å². The van der Waals surface area contributed by atoms with Gasteiger partial charge in [0, 0.05) is 12.2 Å². The number of carbonyl (C=O) groups excluding carboxylic acids is 2. The molecule has 3 rings (SSSR count). The molecular formula is C23H28FN5O2. The maximum Gasteiger partial charge on any atom is 0.319 e. The van der Waals surface area contributed by atoms with Crippen LogP contribution in [-0.2, 0) is 17.9 Å². The molecule has 0 saturated carbocycles. The third kappa shape index (κ3) is 5.59. The zero-order chi connectivity index (χ0) is 22.6. The van der Waals surface area contributed by atoms with Gasteiger partial charge in [-0.15, -0.1) is 0 Å². The molecule has 0 radical (unpaired) electrons. The number of hydrogen-bond donors (Lipinski definition) is 3. The molecule has 164 valence electrons. The lowest BCUT2D eigenvalue weighted by molar-refractivity contribution is -0.131. The molecule has 0 aromatic heterocycles. The van der Waals surface area contributed by atoms with Crippen LogP contribution >= 0.6 is 0 Å². The van der Waals surface area contributed by atoms with Crippen LogP contribution in [0.1, 0.15) is 38.3 Å². The molecule has 2 aromatic carbocycles. The number of anilines is 1. The van der Waals surface area contributed by atoms with E-state index in [1.165, 1.54) is 29.2 Å². The van der Waals surface area contributed by atoms with E-state index in [4.69, 9.17) is 5.73 Å². The summed E-state index contributed by atoms with van der Waals surface area (Å²) in [4.78, 5) is 30.8. The van der Waals surface area contributed by atoms with Gasteiger partial charge in [-0.3, -0.25) is 9.69 Å². The molecule has 0 saturated heterocycles. The second kappa shape index (κ2) is 9.16. The number of guanidine groups is 1. The summed E-state index contributed by atoms with van der Waals surface area (Å²) in [6.07, 6.45) is 0.646. The average Bonchev–Trinajstić information content (AvgIpc) is 2.91. The van der Waals surface area contributed by atoms with Crippen molar-refractivity contribution >= 4 is 23.6 Å². The molecule has 1 unspecified atom stereocenters. The fraction of sp³-hybridized carbons (Fsp3) is 0.348. The van der Waals surface area contributed by atoms with Gasteiger partial charge in [0.2, 0.25) is 0 Å². The molecule has 1 aliphatic rings. The SMILES string of the molecule is CC(C)CC1(C)N=C(N)N(Cc2ccc(CNC(=O)Nc3ccc(F)cc3)cc2)C1=O. The number of carbonyl (C=O) groups is 2. The number of nitrogens with two attached hydrogens (primary N) is 1. The second-order valence-electron chi connectivity index (χ2n) is 8.36. The molecule has 0 bridgehead atoms. The highest BCUT2D eigenvalue weighted by Crippen LogP contribution is 2.29. The van der Waals surface area contributed by atoms with Crippen LogP contribution in [-0.4, -0.2) is 28.3 Å². The summed E-state index contributed by atoms with van der Waals surface area (Å²) in [5.74, 6) is 0.134. The van der Waals surface area contributed by atoms with E-state index in [0.29, 0.717) is 31.1 Å². The van der Waals surface area contributed by atoms with Crippen molar-refractivity contribution in [2.45, 2.75) is 45.8 Å². The predicted octanol–water partition coefficient (Wildman–Crippen LogP) is 3.61. The Labute approximate surface area is 181 Å². The van der Waals surface area contributed by atoms with Crippen molar-refractivity contribution in [1.82, 2.24) is 10.2 Å². The standard InChI is InChI=1S/C23H28FN5O2/c1-15(2)12-23(3)20(30)29(21(25)28-23)14-17-6-4-16(5-7-17)13-26-22(31)27-19-10-8-18(24)9-11-19/h4-11,15H,12-14H2,1-3H3,(H2,25,28)(H2,26,27,31). The van der Waals surface area contributed by atoms with Gasteiger partial charge in [-0.05, 0) is 54.7 Å². The molecule has 2 aromatic rings. The van der Waals surface area contributed by atoms with Gasteiger partial charge in [0.15, 0.2) is 5.96 Å². The van der Waals surface area contributed by atoms with Crippen LogP contribution in [0, 0.1) is 11.7 Å². The second-order valence-corrected chi connectivity index (χ2v) is 8.36. The van der Waals surface area contributed by atoms with Crippen molar-refractivity contribution in [2.24, 2.45) is 16.6 Å². The lowest BCUT2D eigenvalue weighted by Gasteiger charge is -2.23. The zero-order valence-electron chi connectivity index (χ0n) is 18.0. The Morgan fingerprint density at radius 1 is 1.13 bits per heavy atom. The summed E-state index contributed by atoms with van der Waals surface area (Å²) < 4.78 is 12.9. The Kier molecular flexibility index (Phi) is 6.58. The van der Waals surface area contributed by atoms with Crippen LogP contribution in [0.4, 0.5) is 14.9 Å². The Morgan fingerprint density at radius 2 is 1.74 bits per heavy atom. The molecule has 3 amide bonds. The fourth-order valence-corrected chi connectivity index (χ4v) is 3.67. The number of urea groups is 1. The number of nitrogens with one attached hydrogen (secondary N) is 2. The Bertz CT molecular complexity index is 972. The van der Waals surface area contributed by atoms with Crippen molar-refractivity contribution < 1.29 is 14.0 Å². The van der Waals surface area contributed by atoms with Gasteiger partial charge in [-0.2, -0.15) is 0 Å². The largest absolute Gasteiger partial charge is 0.369 e. The number of nitrogens with zero attached hydrogens (tertiary/aromatic N) is 2. The Morgan fingerprint density at radius 3 is 2.35 bits per heavy atom. The predicted molar refractivity (Wildman–Crippen MR) is 119 cm³/mol. The maximum atomic E-state index is 12.9. The normalized spacial score (nSPS) is 18.3. The van der Waals surface area contributed by atoms with Crippen molar-refractivity contribution in [3.63, 3.8) is 0 Å². The average molecular weight is 426 g/mol. The number of halogens is 1. The first kappa shape index (κ1) is 22.3. The van der Waals surface area contributed by atoms with Gasteiger partial charge in [-0.1, -0.05) is 38.1 Å². The lowest BCUT2D eigenvalue weighted by atomic mass is 9.91. The van der Waals surface area contributed by atoms with Gasteiger partial charge in [-0.25, -0.2) is 14.2 Å². The molecule has 0 spiro atoms. The van der Waals surface area contributed by atoms with Crippen LogP contribution in [0.3, 0.4) is 0 Å². The Balaban J connectivity index is 1.53. The molecule has 1 atom stereocenters. The van der Waals surface area contributed by atoms with E-state index in [0.717, 1.165) is 11.1 Å². The van der Waals surface area contributed by atoms with Crippen LogP contribution < -0.4 is 16.4 Å². The number of hydrogen-bond acceptors (Lipinski definition) is 4. The van der Waals surface area contributed by atoms with Crippen molar-refractivity contribution in [2.75, 3.05) is 5.32 Å². The first-order valence-electron chi connectivity index (χ1n) is 10.2. The van der Waals surface area contributed by atoms with E-state index >= 15 is 0 Å². The van der Waals surface area contributed by atoms with E-state index < -0.39 is 5.54 Å². The minimum atomic E-state index is -0.806. The summed E-state index contributed by atoms with van der Waals surface area (Å²) >= 11 is 0. The van der Waals surface area contributed by atoms with Crippen LogP contribution in [0.25, 0.3) is 0 Å². The fourth-order valence-electron chi connectivity index (χ4n) is 3.67. The first-order valence-corrected chi connectivity index (χ1v) is 10.2. The maximum absolute atomic E-state index is 12.9. The van der Waals surface area contributed by atoms with Crippen molar-refractivity contribution in [1.29, 1.82) is 0 Å². The molecule has 1 aliphatic heterocycles.